The van der Waals surface area contributed by atoms with Gasteiger partial charge in [-0.1, -0.05) is 30.3 Å². The number of nitrogens with one attached hydrogen (secondary N) is 2. The van der Waals surface area contributed by atoms with Crippen molar-refractivity contribution in [2.75, 3.05) is 13.2 Å². The maximum atomic E-state index is 12.5. The van der Waals surface area contributed by atoms with Gasteiger partial charge >= 0.3 is 0 Å². The number of benzene rings is 2. The number of amides is 1. The second-order valence-electron chi connectivity index (χ2n) is 6.99. The van der Waals surface area contributed by atoms with Crippen molar-refractivity contribution in [1.29, 1.82) is 0 Å². The molecule has 0 saturated heterocycles. The number of rotatable bonds is 4. The first-order valence-electron chi connectivity index (χ1n) is 9.12. The molecule has 1 unspecified atom stereocenters. The van der Waals surface area contributed by atoms with Crippen LogP contribution in [0.15, 0.2) is 58.4 Å². The van der Waals surface area contributed by atoms with Crippen molar-refractivity contribution in [3.63, 3.8) is 0 Å². The minimum atomic E-state index is -3.61. The molecule has 0 radical (unpaired) electrons. The predicted molar refractivity (Wildman–Crippen MR) is 105 cm³/mol. The summed E-state index contributed by atoms with van der Waals surface area (Å²) in [4.78, 5) is 16.9. The van der Waals surface area contributed by atoms with Gasteiger partial charge in [-0.25, -0.2) is 8.42 Å². The molecule has 2 N–H and O–H groups in total. The number of para-hydroxylation sites is 1. The highest BCUT2D eigenvalue weighted by atomic mass is 32.2. The number of hydrogen-bond acceptors (Lipinski definition) is 5. The molecule has 8 heteroatoms. The van der Waals surface area contributed by atoms with Crippen LogP contribution in [0.4, 0.5) is 0 Å². The fourth-order valence-electron chi connectivity index (χ4n) is 3.40. The van der Waals surface area contributed by atoms with Gasteiger partial charge in [0.1, 0.15) is 17.6 Å². The van der Waals surface area contributed by atoms with E-state index in [4.69, 9.17) is 4.74 Å². The first-order valence-corrected chi connectivity index (χ1v) is 10.6. The number of carbonyl (C=O) groups excluding carboxylic acids is 1. The zero-order valence-electron chi connectivity index (χ0n) is 15.4. The van der Waals surface area contributed by atoms with E-state index >= 15 is 0 Å². The molecule has 0 aliphatic carbocycles. The Hall–Kier alpha value is -2.87. The maximum absolute atomic E-state index is 12.5. The number of carbonyl (C=O) groups is 1. The van der Waals surface area contributed by atoms with Crippen LogP contribution in [-0.4, -0.2) is 39.4 Å². The summed E-state index contributed by atoms with van der Waals surface area (Å²) in [6.45, 7) is 2.67. The summed E-state index contributed by atoms with van der Waals surface area (Å²) in [7, 11) is -3.61. The third-order valence-electron chi connectivity index (χ3n) is 4.89. The third-order valence-corrected chi connectivity index (χ3v) is 6.28. The number of fused-ring (bicyclic) bond motifs is 2. The molecule has 1 amide bonds. The highest BCUT2D eigenvalue weighted by molar-refractivity contribution is 7.90. The standard InChI is InChI=1S/C20H21N3O4S/c1-13(22-19-16-7-3-5-9-18(16)28(25,26)23-19)20(24)21-11-14-10-15-6-2-4-8-17(15)27-12-14/h2-9,13-14H,10-12H2,1H3,(H,21,24)(H,22,23)/t13-,14?/m0/s1. The van der Waals surface area contributed by atoms with Crippen molar-refractivity contribution in [2.45, 2.75) is 24.3 Å². The lowest BCUT2D eigenvalue weighted by Gasteiger charge is -2.25. The molecule has 7 nitrogen and oxygen atoms in total. The van der Waals surface area contributed by atoms with Crippen LogP contribution in [0.5, 0.6) is 5.75 Å². The molecular formula is C20H21N3O4S. The monoisotopic (exact) mass is 399 g/mol. The number of nitrogens with zero attached hydrogens (tertiary/aromatic N) is 1. The zero-order chi connectivity index (χ0) is 19.7. The molecule has 28 heavy (non-hydrogen) atoms. The average Bonchev–Trinajstić information content (AvgIpc) is 2.96. The van der Waals surface area contributed by atoms with Crippen LogP contribution in [0, 0.1) is 5.92 Å². The molecule has 2 heterocycles. The second kappa shape index (κ2) is 7.27. The summed E-state index contributed by atoms with van der Waals surface area (Å²) < 4.78 is 32.4. The average molecular weight is 399 g/mol. The maximum Gasteiger partial charge on any atom is 0.263 e. The lowest BCUT2D eigenvalue weighted by atomic mass is 9.97. The summed E-state index contributed by atoms with van der Waals surface area (Å²) in [6.07, 6.45) is 0.840. The Morgan fingerprint density at radius 2 is 2.00 bits per heavy atom. The Morgan fingerprint density at radius 3 is 2.86 bits per heavy atom. The Labute approximate surface area is 163 Å². The van der Waals surface area contributed by atoms with Gasteiger partial charge in [-0.3, -0.25) is 14.5 Å². The Balaban J connectivity index is 1.39. The summed E-state index contributed by atoms with van der Waals surface area (Å²) in [5, 5.41) is 2.90. The highest BCUT2D eigenvalue weighted by Crippen LogP contribution is 2.26. The van der Waals surface area contributed by atoms with Crippen molar-refractivity contribution in [2.24, 2.45) is 10.9 Å². The fraction of sp³-hybridized carbons (Fsp3) is 0.300. The summed E-state index contributed by atoms with van der Waals surface area (Å²) in [5.74, 6) is 1.03. The van der Waals surface area contributed by atoms with Gasteiger partial charge in [0.15, 0.2) is 0 Å². The molecular weight excluding hydrogens is 378 g/mol. The van der Waals surface area contributed by atoms with Crippen molar-refractivity contribution in [3.05, 3.63) is 59.7 Å². The van der Waals surface area contributed by atoms with Crippen LogP contribution in [0.25, 0.3) is 0 Å². The van der Waals surface area contributed by atoms with E-state index in [0.29, 0.717) is 18.7 Å². The largest absolute Gasteiger partial charge is 0.493 e. The summed E-state index contributed by atoms with van der Waals surface area (Å²) >= 11 is 0. The Morgan fingerprint density at radius 1 is 1.25 bits per heavy atom. The quantitative estimate of drug-likeness (QED) is 0.814. The van der Waals surface area contributed by atoms with E-state index in [1.165, 1.54) is 6.07 Å². The zero-order valence-corrected chi connectivity index (χ0v) is 16.2. The van der Waals surface area contributed by atoms with Gasteiger partial charge < -0.3 is 10.1 Å². The Kier molecular flexibility index (Phi) is 4.80. The lowest BCUT2D eigenvalue weighted by molar-refractivity contribution is -0.122. The van der Waals surface area contributed by atoms with E-state index in [2.05, 4.69) is 15.0 Å². The third kappa shape index (κ3) is 3.60. The van der Waals surface area contributed by atoms with Gasteiger partial charge in [0.25, 0.3) is 10.0 Å². The van der Waals surface area contributed by atoms with Crippen molar-refractivity contribution >= 4 is 21.8 Å². The molecule has 2 aliphatic heterocycles. The van der Waals surface area contributed by atoms with Crippen molar-refractivity contribution in [3.8, 4) is 5.75 Å². The molecule has 2 aliphatic rings. The van der Waals surface area contributed by atoms with Crippen molar-refractivity contribution < 1.29 is 17.9 Å². The number of aliphatic imine (C=N–C) groups is 1. The van der Waals surface area contributed by atoms with Gasteiger partial charge in [-0.2, -0.15) is 0 Å². The molecule has 2 aromatic rings. The van der Waals surface area contributed by atoms with Gasteiger partial charge in [0, 0.05) is 18.0 Å². The van der Waals surface area contributed by atoms with Crippen LogP contribution in [-0.2, 0) is 21.2 Å². The smallest absolute Gasteiger partial charge is 0.263 e. The molecule has 2 aromatic carbocycles. The van der Waals surface area contributed by atoms with Gasteiger partial charge in [0.2, 0.25) is 5.91 Å². The number of ether oxygens (including phenoxy) is 1. The minimum Gasteiger partial charge on any atom is -0.493 e. The predicted octanol–water partition coefficient (Wildman–Crippen LogP) is 1.48. The summed E-state index contributed by atoms with van der Waals surface area (Å²) in [5.41, 5.74) is 1.62. The van der Waals surface area contributed by atoms with Gasteiger partial charge in [-0.15, -0.1) is 0 Å². The second-order valence-corrected chi connectivity index (χ2v) is 8.64. The molecule has 4 rings (SSSR count). The van der Waals surface area contributed by atoms with Crippen LogP contribution < -0.4 is 14.8 Å². The fourth-order valence-corrected chi connectivity index (χ4v) is 4.64. The van der Waals surface area contributed by atoms with E-state index in [-0.39, 0.29) is 22.6 Å². The SMILES string of the molecule is C[C@H](N=C1NS(=O)(=O)c2ccccc21)C(=O)NCC1COc2ccccc2C1. The molecule has 146 valence electrons. The van der Waals surface area contributed by atoms with E-state index in [1.54, 1.807) is 25.1 Å². The van der Waals surface area contributed by atoms with Crippen LogP contribution in [0.3, 0.4) is 0 Å². The lowest BCUT2D eigenvalue weighted by Crippen LogP contribution is -2.39. The van der Waals surface area contributed by atoms with E-state index < -0.39 is 16.1 Å². The molecule has 0 bridgehead atoms. The van der Waals surface area contributed by atoms with E-state index in [1.807, 2.05) is 24.3 Å². The van der Waals surface area contributed by atoms with E-state index in [9.17, 15) is 13.2 Å². The van der Waals surface area contributed by atoms with Crippen LogP contribution >= 0.6 is 0 Å². The molecule has 0 spiro atoms. The number of sulfonamides is 1. The van der Waals surface area contributed by atoms with Crippen LogP contribution in [0.1, 0.15) is 18.1 Å². The number of hydrogen-bond donors (Lipinski definition) is 2. The number of amidine groups is 1. The highest BCUT2D eigenvalue weighted by Gasteiger charge is 2.31. The first-order chi connectivity index (χ1) is 13.4. The van der Waals surface area contributed by atoms with E-state index in [0.717, 1.165) is 17.7 Å². The normalized spacial score (nSPS) is 21.8. The molecule has 2 atom stereocenters. The van der Waals surface area contributed by atoms with Crippen LogP contribution in [0.2, 0.25) is 0 Å². The molecule has 0 aromatic heterocycles. The molecule has 0 fully saturated rings. The van der Waals surface area contributed by atoms with Crippen molar-refractivity contribution in [1.82, 2.24) is 10.0 Å². The van der Waals surface area contributed by atoms with Gasteiger partial charge in [-0.05, 0) is 37.1 Å². The summed E-state index contributed by atoms with van der Waals surface area (Å²) in [6, 6.07) is 13.8. The Bertz CT molecular complexity index is 1050. The minimum absolute atomic E-state index is 0.180. The topological polar surface area (TPSA) is 96.9 Å². The molecule has 0 saturated carbocycles. The van der Waals surface area contributed by atoms with Gasteiger partial charge in [0.05, 0.1) is 11.5 Å². The first kappa shape index (κ1) is 18.5.